The molecule has 0 bridgehead atoms. The normalized spacial score (nSPS) is 14.5. The van der Waals surface area contributed by atoms with Gasteiger partial charge in [0, 0.05) is 32.4 Å². The molecule has 7 nitrogen and oxygen atoms in total. The number of nitrogens with zero attached hydrogens (tertiary/aromatic N) is 6. The average molecular weight is 404 g/mol. The fourth-order valence-electron chi connectivity index (χ4n) is 3.66. The molecular weight excluding hydrogens is 384 g/mol. The van der Waals surface area contributed by atoms with Crippen LogP contribution in [-0.2, 0) is 11.2 Å². The number of para-hydroxylation sites is 1. The minimum Gasteiger partial charge on any atom is -0.352 e. The molecule has 0 saturated carbocycles. The number of hydrogen-bond donors (Lipinski definition) is 0. The molecule has 0 atom stereocenters. The molecule has 29 heavy (non-hydrogen) atoms. The lowest BCUT2D eigenvalue weighted by molar-refractivity contribution is -0.130. The summed E-state index contributed by atoms with van der Waals surface area (Å²) in [5, 5.41) is 7.51. The monoisotopic (exact) mass is 404 g/mol. The minimum atomic E-state index is 0.139. The van der Waals surface area contributed by atoms with Crippen molar-refractivity contribution in [2.24, 2.45) is 0 Å². The van der Waals surface area contributed by atoms with Gasteiger partial charge >= 0.3 is 0 Å². The summed E-state index contributed by atoms with van der Waals surface area (Å²) < 4.78 is 1.81. The SMILES string of the molecule is O=C(Cc1cnn(-c2ccccc2)c1)N1CCN(c2ncnc3sccc23)CC1. The molecule has 1 amide bonds. The predicted octanol–water partition coefficient (Wildman–Crippen LogP) is 2.77. The van der Waals surface area contributed by atoms with Crippen LogP contribution in [0.5, 0.6) is 0 Å². The Morgan fingerprint density at radius 2 is 1.86 bits per heavy atom. The molecule has 4 aromatic rings. The number of rotatable bonds is 4. The standard InChI is InChI=1S/C21H20N6OS/c28-19(12-16-13-24-27(14-16)17-4-2-1-3-5-17)25-7-9-26(10-8-25)20-18-6-11-29-21(18)23-15-22-20/h1-6,11,13-15H,7-10,12H2. The zero-order chi connectivity index (χ0) is 19.6. The number of piperazine rings is 1. The highest BCUT2D eigenvalue weighted by Gasteiger charge is 2.23. The van der Waals surface area contributed by atoms with E-state index in [4.69, 9.17) is 0 Å². The molecule has 3 aromatic heterocycles. The third-order valence-electron chi connectivity index (χ3n) is 5.18. The zero-order valence-corrected chi connectivity index (χ0v) is 16.6. The van der Waals surface area contributed by atoms with Crippen LogP contribution in [0.2, 0.25) is 0 Å². The van der Waals surface area contributed by atoms with Gasteiger partial charge in [-0.25, -0.2) is 14.6 Å². The molecule has 0 spiro atoms. The first-order valence-electron chi connectivity index (χ1n) is 9.58. The molecule has 1 aliphatic heterocycles. The highest BCUT2D eigenvalue weighted by Crippen LogP contribution is 2.27. The van der Waals surface area contributed by atoms with Gasteiger partial charge in [0.25, 0.3) is 0 Å². The fourth-order valence-corrected chi connectivity index (χ4v) is 4.38. The molecule has 4 heterocycles. The lowest BCUT2D eigenvalue weighted by atomic mass is 10.2. The molecule has 1 aromatic carbocycles. The zero-order valence-electron chi connectivity index (χ0n) is 15.8. The van der Waals surface area contributed by atoms with Gasteiger partial charge in [0.05, 0.1) is 23.7 Å². The van der Waals surface area contributed by atoms with Crippen molar-refractivity contribution in [3.05, 3.63) is 66.1 Å². The van der Waals surface area contributed by atoms with Crippen LogP contribution in [0, 0.1) is 0 Å². The first-order chi connectivity index (χ1) is 14.3. The number of amides is 1. The highest BCUT2D eigenvalue weighted by atomic mass is 32.1. The summed E-state index contributed by atoms with van der Waals surface area (Å²) in [4.78, 5) is 26.8. The van der Waals surface area contributed by atoms with Crippen LogP contribution >= 0.6 is 11.3 Å². The van der Waals surface area contributed by atoms with Crippen molar-refractivity contribution in [3.8, 4) is 5.69 Å². The molecule has 1 saturated heterocycles. The van der Waals surface area contributed by atoms with Crippen LogP contribution in [0.25, 0.3) is 15.9 Å². The van der Waals surface area contributed by atoms with Crippen molar-refractivity contribution in [2.75, 3.05) is 31.1 Å². The maximum atomic E-state index is 12.8. The van der Waals surface area contributed by atoms with Gasteiger partial charge in [-0.2, -0.15) is 5.10 Å². The quantitative estimate of drug-likeness (QED) is 0.523. The number of thiophene rings is 1. The van der Waals surface area contributed by atoms with E-state index in [2.05, 4.69) is 26.0 Å². The van der Waals surface area contributed by atoms with E-state index in [0.717, 1.165) is 40.4 Å². The predicted molar refractivity (Wildman–Crippen MR) is 113 cm³/mol. The number of fused-ring (bicyclic) bond motifs is 1. The largest absolute Gasteiger partial charge is 0.352 e. The summed E-state index contributed by atoms with van der Waals surface area (Å²) in [6.07, 6.45) is 5.69. The second-order valence-electron chi connectivity index (χ2n) is 7.01. The van der Waals surface area contributed by atoms with Crippen LogP contribution in [0.1, 0.15) is 5.56 Å². The fraction of sp³-hybridized carbons (Fsp3) is 0.238. The van der Waals surface area contributed by atoms with E-state index in [9.17, 15) is 4.79 Å². The molecule has 1 aliphatic rings. The van der Waals surface area contributed by atoms with E-state index in [1.54, 1.807) is 23.9 Å². The van der Waals surface area contributed by atoms with Gasteiger partial charge in [0.1, 0.15) is 17.0 Å². The van der Waals surface area contributed by atoms with Gasteiger partial charge < -0.3 is 9.80 Å². The third-order valence-corrected chi connectivity index (χ3v) is 6.01. The Kier molecular flexibility index (Phi) is 4.69. The molecule has 0 radical (unpaired) electrons. The Hall–Kier alpha value is -3.26. The van der Waals surface area contributed by atoms with E-state index in [1.807, 2.05) is 51.5 Å². The highest BCUT2D eigenvalue weighted by molar-refractivity contribution is 7.16. The molecule has 5 rings (SSSR count). The van der Waals surface area contributed by atoms with Crippen molar-refractivity contribution in [1.82, 2.24) is 24.6 Å². The summed E-state index contributed by atoms with van der Waals surface area (Å²) >= 11 is 1.62. The Bertz CT molecular complexity index is 1130. The van der Waals surface area contributed by atoms with Gasteiger partial charge in [-0.15, -0.1) is 11.3 Å². The second-order valence-corrected chi connectivity index (χ2v) is 7.90. The van der Waals surface area contributed by atoms with Crippen LogP contribution < -0.4 is 4.90 Å². The number of carbonyl (C=O) groups is 1. The molecular formula is C21H20N6OS. The molecule has 0 N–H and O–H groups in total. The summed E-state index contributed by atoms with van der Waals surface area (Å²) in [5.41, 5.74) is 1.92. The molecule has 8 heteroatoms. The van der Waals surface area contributed by atoms with E-state index < -0.39 is 0 Å². The van der Waals surface area contributed by atoms with Gasteiger partial charge in [0.2, 0.25) is 5.91 Å². The minimum absolute atomic E-state index is 0.139. The second kappa shape index (κ2) is 7.63. The molecule has 0 unspecified atom stereocenters. The number of benzene rings is 1. The van der Waals surface area contributed by atoms with Gasteiger partial charge in [-0.3, -0.25) is 4.79 Å². The summed E-state index contributed by atoms with van der Waals surface area (Å²) in [5.74, 6) is 1.10. The van der Waals surface area contributed by atoms with Crippen LogP contribution in [0.4, 0.5) is 5.82 Å². The summed E-state index contributed by atoms with van der Waals surface area (Å²) in [6.45, 7) is 2.94. The molecule has 0 aliphatic carbocycles. The van der Waals surface area contributed by atoms with Crippen LogP contribution in [0.3, 0.4) is 0 Å². The molecule has 1 fully saturated rings. The number of anilines is 1. The van der Waals surface area contributed by atoms with Crippen molar-refractivity contribution in [1.29, 1.82) is 0 Å². The Morgan fingerprint density at radius 3 is 2.69 bits per heavy atom. The Labute approximate surface area is 172 Å². The van der Waals surface area contributed by atoms with E-state index in [0.29, 0.717) is 19.5 Å². The maximum absolute atomic E-state index is 12.8. The van der Waals surface area contributed by atoms with E-state index >= 15 is 0 Å². The van der Waals surface area contributed by atoms with E-state index in [1.165, 1.54) is 0 Å². The van der Waals surface area contributed by atoms with Gasteiger partial charge in [-0.1, -0.05) is 18.2 Å². The van der Waals surface area contributed by atoms with E-state index in [-0.39, 0.29) is 5.91 Å². The first kappa shape index (κ1) is 17.8. The van der Waals surface area contributed by atoms with Crippen LogP contribution in [0.15, 0.2) is 60.5 Å². The summed E-state index contributed by atoms with van der Waals surface area (Å²) in [6, 6.07) is 12.0. The number of hydrogen-bond acceptors (Lipinski definition) is 6. The van der Waals surface area contributed by atoms with Crippen LogP contribution in [-0.4, -0.2) is 56.7 Å². The van der Waals surface area contributed by atoms with Crippen molar-refractivity contribution >= 4 is 33.3 Å². The van der Waals surface area contributed by atoms with Crippen molar-refractivity contribution in [3.63, 3.8) is 0 Å². The first-order valence-corrected chi connectivity index (χ1v) is 10.5. The maximum Gasteiger partial charge on any atom is 0.227 e. The smallest absolute Gasteiger partial charge is 0.227 e. The Balaban J connectivity index is 1.22. The van der Waals surface area contributed by atoms with Crippen molar-refractivity contribution in [2.45, 2.75) is 6.42 Å². The topological polar surface area (TPSA) is 67.2 Å². The molecule has 146 valence electrons. The average Bonchev–Trinajstić information content (AvgIpc) is 3.44. The van der Waals surface area contributed by atoms with Crippen molar-refractivity contribution < 1.29 is 4.79 Å². The lowest BCUT2D eigenvalue weighted by Crippen LogP contribution is -2.49. The Morgan fingerprint density at radius 1 is 1.03 bits per heavy atom. The third kappa shape index (κ3) is 3.58. The number of aromatic nitrogens is 4. The summed E-state index contributed by atoms with van der Waals surface area (Å²) in [7, 11) is 0. The van der Waals surface area contributed by atoms with Gasteiger partial charge in [0.15, 0.2) is 0 Å². The lowest BCUT2D eigenvalue weighted by Gasteiger charge is -2.35. The van der Waals surface area contributed by atoms with Gasteiger partial charge in [-0.05, 0) is 29.1 Å². The number of carbonyl (C=O) groups excluding carboxylic acids is 1.